The maximum atomic E-state index is 11.9. The average Bonchev–Trinajstić information content (AvgIpc) is 2.48. The van der Waals surface area contributed by atoms with Crippen molar-refractivity contribution in [3.05, 3.63) is 27.5 Å². The standard InChI is InChI=1S/C11H14N2O3/c1-7-6-8(11(15)16)9-12-4-2-3-5-13(9)10(7)14/h6,12H,2-5H2,1H3,(H,15,16). The number of carbonyl (C=O) groups is 1. The second-order valence-corrected chi connectivity index (χ2v) is 3.99. The van der Waals surface area contributed by atoms with Crippen molar-refractivity contribution in [1.82, 2.24) is 4.57 Å². The normalized spacial score (nSPS) is 14.8. The highest BCUT2D eigenvalue weighted by Gasteiger charge is 2.18. The molecular formula is C11H14N2O3. The number of rotatable bonds is 1. The first-order valence-corrected chi connectivity index (χ1v) is 5.33. The Morgan fingerprint density at radius 2 is 2.25 bits per heavy atom. The molecule has 86 valence electrons. The number of aromatic nitrogens is 1. The Hall–Kier alpha value is -1.78. The average molecular weight is 222 g/mol. The van der Waals surface area contributed by atoms with Gasteiger partial charge in [-0.3, -0.25) is 9.36 Å². The van der Waals surface area contributed by atoms with Gasteiger partial charge in [0.2, 0.25) is 0 Å². The summed E-state index contributed by atoms with van der Waals surface area (Å²) in [5.74, 6) is -0.554. The molecule has 5 heteroatoms. The number of aryl methyl sites for hydroxylation is 1. The van der Waals surface area contributed by atoms with Crippen LogP contribution < -0.4 is 10.9 Å². The number of carboxylic acids is 1. The van der Waals surface area contributed by atoms with E-state index >= 15 is 0 Å². The van der Waals surface area contributed by atoms with Gasteiger partial charge in [0.25, 0.3) is 5.56 Å². The van der Waals surface area contributed by atoms with Crippen molar-refractivity contribution >= 4 is 11.8 Å². The highest BCUT2D eigenvalue weighted by molar-refractivity contribution is 5.93. The lowest BCUT2D eigenvalue weighted by atomic mass is 10.2. The Labute approximate surface area is 92.7 Å². The van der Waals surface area contributed by atoms with E-state index in [0.29, 0.717) is 24.5 Å². The maximum Gasteiger partial charge on any atom is 0.339 e. The molecule has 0 saturated heterocycles. The molecule has 2 N–H and O–H groups in total. The zero-order valence-electron chi connectivity index (χ0n) is 9.12. The molecule has 1 aliphatic rings. The van der Waals surface area contributed by atoms with Crippen LogP contribution in [0.25, 0.3) is 0 Å². The summed E-state index contributed by atoms with van der Waals surface area (Å²) in [7, 11) is 0. The Bertz CT molecular complexity index is 491. The minimum Gasteiger partial charge on any atom is -0.478 e. The fourth-order valence-electron chi connectivity index (χ4n) is 1.98. The summed E-state index contributed by atoms with van der Waals surface area (Å²) in [6.45, 7) is 2.94. The first-order chi connectivity index (χ1) is 7.61. The summed E-state index contributed by atoms with van der Waals surface area (Å²) in [6, 6.07) is 1.44. The second kappa shape index (κ2) is 4.00. The molecule has 5 nitrogen and oxygen atoms in total. The number of fused-ring (bicyclic) bond motifs is 1. The summed E-state index contributed by atoms with van der Waals surface area (Å²) in [5.41, 5.74) is 0.554. The quantitative estimate of drug-likeness (QED) is 0.745. The number of pyridine rings is 1. The first-order valence-electron chi connectivity index (χ1n) is 5.33. The minimum atomic E-state index is -0.999. The summed E-state index contributed by atoms with van der Waals surface area (Å²) < 4.78 is 1.53. The third-order valence-electron chi connectivity index (χ3n) is 2.80. The van der Waals surface area contributed by atoms with Gasteiger partial charge in [-0.15, -0.1) is 0 Å². The molecule has 2 heterocycles. The van der Waals surface area contributed by atoms with E-state index < -0.39 is 5.97 Å². The van der Waals surface area contributed by atoms with E-state index in [0.717, 1.165) is 12.8 Å². The maximum absolute atomic E-state index is 11.9. The monoisotopic (exact) mass is 222 g/mol. The van der Waals surface area contributed by atoms with Gasteiger partial charge in [-0.1, -0.05) is 0 Å². The van der Waals surface area contributed by atoms with Gasteiger partial charge in [0.15, 0.2) is 0 Å². The number of hydrogen-bond acceptors (Lipinski definition) is 3. The van der Waals surface area contributed by atoms with Crippen LogP contribution in [0.5, 0.6) is 0 Å². The number of nitrogens with one attached hydrogen (secondary N) is 1. The Balaban J connectivity index is 2.69. The Kier molecular flexibility index (Phi) is 2.68. The van der Waals surface area contributed by atoms with Crippen LogP contribution in [0.3, 0.4) is 0 Å². The van der Waals surface area contributed by atoms with Crippen molar-refractivity contribution in [2.45, 2.75) is 26.3 Å². The van der Waals surface area contributed by atoms with Crippen LogP contribution in [-0.2, 0) is 6.54 Å². The smallest absolute Gasteiger partial charge is 0.339 e. The van der Waals surface area contributed by atoms with Crippen LogP contribution in [0.15, 0.2) is 10.9 Å². The fourth-order valence-corrected chi connectivity index (χ4v) is 1.98. The topological polar surface area (TPSA) is 71.3 Å². The lowest BCUT2D eigenvalue weighted by Gasteiger charge is -2.13. The molecule has 16 heavy (non-hydrogen) atoms. The molecule has 0 spiro atoms. The van der Waals surface area contributed by atoms with Crippen LogP contribution in [0.4, 0.5) is 5.82 Å². The van der Waals surface area contributed by atoms with Gasteiger partial charge in [0.05, 0.1) is 0 Å². The van der Waals surface area contributed by atoms with Gasteiger partial charge in [0, 0.05) is 18.7 Å². The molecule has 0 fully saturated rings. The molecule has 0 aromatic carbocycles. The van der Waals surface area contributed by atoms with Crippen molar-refractivity contribution in [3.8, 4) is 0 Å². The van der Waals surface area contributed by atoms with Crippen molar-refractivity contribution in [1.29, 1.82) is 0 Å². The van der Waals surface area contributed by atoms with Gasteiger partial charge < -0.3 is 10.4 Å². The fraction of sp³-hybridized carbons (Fsp3) is 0.455. The van der Waals surface area contributed by atoms with Crippen molar-refractivity contribution in [2.24, 2.45) is 0 Å². The number of aromatic carboxylic acids is 1. The van der Waals surface area contributed by atoms with E-state index in [4.69, 9.17) is 5.11 Å². The van der Waals surface area contributed by atoms with Gasteiger partial charge in [-0.25, -0.2) is 4.79 Å². The SMILES string of the molecule is Cc1cc(C(=O)O)c2n(c1=O)CCCCN2. The third kappa shape index (κ3) is 1.68. The molecular weight excluding hydrogens is 208 g/mol. The van der Waals surface area contributed by atoms with Crippen LogP contribution in [0.1, 0.15) is 28.8 Å². The predicted molar refractivity (Wildman–Crippen MR) is 60.1 cm³/mol. The molecule has 0 unspecified atom stereocenters. The zero-order valence-corrected chi connectivity index (χ0v) is 9.12. The van der Waals surface area contributed by atoms with Crippen molar-refractivity contribution < 1.29 is 9.90 Å². The zero-order chi connectivity index (χ0) is 11.7. The van der Waals surface area contributed by atoms with E-state index in [1.807, 2.05) is 0 Å². The number of anilines is 1. The Morgan fingerprint density at radius 3 is 2.94 bits per heavy atom. The van der Waals surface area contributed by atoms with Crippen molar-refractivity contribution in [3.63, 3.8) is 0 Å². The summed E-state index contributed by atoms with van der Waals surface area (Å²) in [6.07, 6.45) is 1.83. The van der Waals surface area contributed by atoms with Crippen LogP contribution in [0.2, 0.25) is 0 Å². The molecule has 0 amide bonds. The molecule has 1 aliphatic heterocycles. The van der Waals surface area contributed by atoms with Crippen LogP contribution in [-0.4, -0.2) is 22.2 Å². The first kappa shape index (κ1) is 10.7. The molecule has 0 bridgehead atoms. The number of hydrogen-bond donors (Lipinski definition) is 2. The van der Waals surface area contributed by atoms with Gasteiger partial charge in [-0.2, -0.15) is 0 Å². The number of carboxylic acid groups (broad SMARTS) is 1. The van der Waals surface area contributed by atoms with Crippen LogP contribution >= 0.6 is 0 Å². The number of nitrogens with zero attached hydrogens (tertiary/aromatic N) is 1. The lowest BCUT2D eigenvalue weighted by molar-refractivity contribution is 0.0697. The van der Waals surface area contributed by atoms with Gasteiger partial charge >= 0.3 is 5.97 Å². The summed E-state index contributed by atoms with van der Waals surface area (Å²) >= 11 is 0. The minimum absolute atomic E-state index is 0.102. The van der Waals surface area contributed by atoms with Gasteiger partial charge in [0.1, 0.15) is 11.4 Å². The molecule has 0 radical (unpaired) electrons. The summed E-state index contributed by atoms with van der Waals surface area (Å²) in [4.78, 5) is 23.0. The van der Waals surface area contributed by atoms with E-state index in [9.17, 15) is 9.59 Å². The molecule has 2 rings (SSSR count). The molecule has 0 aliphatic carbocycles. The highest BCUT2D eigenvalue weighted by atomic mass is 16.4. The van der Waals surface area contributed by atoms with E-state index in [-0.39, 0.29) is 11.1 Å². The third-order valence-corrected chi connectivity index (χ3v) is 2.80. The van der Waals surface area contributed by atoms with Crippen LogP contribution in [0, 0.1) is 6.92 Å². The second-order valence-electron chi connectivity index (χ2n) is 3.99. The van der Waals surface area contributed by atoms with Gasteiger partial charge in [-0.05, 0) is 25.8 Å². The van der Waals surface area contributed by atoms with E-state index in [1.54, 1.807) is 6.92 Å². The van der Waals surface area contributed by atoms with Crippen molar-refractivity contribution in [2.75, 3.05) is 11.9 Å². The predicted octanol–water partition coefficient (Wildman–Crippen LogP) is 1.06. The molecule has 0 saturated carbocycles. The highest BCUT2D eigenvalue weighted by Crippen LogP contribution is 2.18. The molecule has 0 atom stereocenters. The largest absolute Gasteiger partial charge is 0.478 e. The molecule has 1 aromatic rings. The van der Waals surface area contributed by atoms with E-state index in [1.165, 1.54) is 10.6 Å². The lowest BCUT2D eigenvalue weighted by Crippen LogP contribution is -2.26. The molecule has 1 aromatic heterocycles. The summed E-state index contributed by atoms with van der Waals surface area (Å²) in [5, 5.41) is 12.1. The Morgan fingerprint density at radius 1 is 1.50 bits per heavy atom. The van der Waals surface area contributed by atoms with E-state index in [2.05, 4.69) is 5.32 Å².